The Labute approximate surface area is 122 Å². The van der Waals surface area contributed by atoms with Crippen molar-refractivity contribution in [1.82, 2.24) is 9.66 Å². The van der Waals surface area contributed by atoms with Gasteiger partial charge in [-0.3, -0.25) is 0 Å². The summed E-state index contributed by atoms with van der Waals surface area (Å²) in [5.41, 5.74) is 1.48. The first kappa shape index (κ1) is 14.6. The minimum absolute atomic E-state index is 0.0142. The minimum atomic E-state index is -0.561. The molecule has 0 spiro atoms. The third-order valence-electron chi connectivity index (χ3n) is 2.83. The molecule has 0 aliphatic heterocycles. The van der Waals surface area contributed by atoms with Gasteiger partial charge in [0.25, 0.3) is 0 Å². The topological polar surface area (TPSA) is 66.3 Å². The van der Waals surface area contributed by atoms with Gasteiger partial charge in [0, 0.05) is 6.21 Å². The SMILES string of the molecule is C/C=N\c1ncc(CC)n1/N=C/c1ccc(C#N)c(F)c1. The number of rotatable bonds is 4. The average molecular weight is 283 g/mol. The molecule has 5 nitrogen and oxygen atoms in total. The first-order valence-corrected chi connectivity index (χ1v) is 6.49. The summed E-state index contributed by atoms with van der Waals surface area (Å²) in [6.07, 6.45) is 5.61. The van der Waals surface area contributed by atoms with Crippen molar-refractivity contribution in [2.24, 2.45) is 10.1 Å². The molecular weight excluding hydrogens is 269 g/mol. The largest absolute Gasteiger partial charge is 0.250 e. The molecule has 0 amide bonds. The number of aromatic nitrogens is 2. The summed E-state index contributed by atoms with van der Waals surface area (Å²) in [5.74, 6) is -0.0886. The fraction of sp³-hybridized carbons (Fsp3) is 0.200. The Kier molecular flexibility index (Phi) is 4.57. The van der Waals surface area contributed by atoms with E-state index in [0.29, 0.717) is 11.5 Å². The molecule has 0 radical (unpaired) electrons. The van der Waals surface area contributed by atoms with E-state index in [0.717, 1.165) is 12.1 Å². The van der Waals surface area contributed by atoms with E-state index >= 15 is 0 Å². The number of benzene rings is 1. The Morgan fingerprint density at radius 3 is 2.90 bits per heavy atom. The van der Waals surface area contributed by atoms with Gasteiger partial charge in [-0.15, -0.1) is 0 Å². The molecule has 1 aromatic heterocycles. The zero-order valence-corrected chi connectivity index (χ0v) is 11.8. The summed E-state index contributed by atoms with van der Waals surface area (Å²) in [5, 5.41) is 13.0. The van der Waals surface area contributed by atoms with Crippen molar-refractivity contribution in [2.45, 2.75) is 20.3 Å². The maximum Gasteiger partial charge on any atom is 0.250 e. The van der Waals surface area contributed by atoms with Crippen LogP contribution >= 0.6 is 0 Å². The quantitative estimate of drug-likeness (QED) is 0.809. The highest BCUT2D eigenvalue weighted by Gasteiger charge is 2.06. The highest BCUT2D eigenvalue weighted by molar-refractivity contribution is 5.79. The van der Waals surface area contributed by atoms with Gasteiger partial charge >= 0.3 is 0 Å². The molecule has 0 aliphatic carbocycles. The lowest BCUT2D eigenvalue weighted by Crippen LogP contribution is -1.96. The molecule has 2 rings (SSSR count). The summed E-state index contributed by atoms with van der Waals surface area (Å²) < 4.78 is 15.1. The van der Waals surface area contributed by atoms with E-state index in [1.165, 1.54) is 18.3 Å². The molecule has 0 unspecified atom stereocenters. The molecule has 0 N–H and O–H groups in total. The van der Waals surface area contributed by atoms with Gasteiger partial charge in [-0.1, -0.05) is 13.0 Å². The lowest BCUT2D eigenvalue weighted by Gasteiger charge is -2.01. The molecule has 1 aromatic carbocycles. The van der Waals surface area contributed by atoms with Gasteiger partial charge in [0.1, 0.15) is 11.9 Å². The maximum atomic E-state index is 13.5. The third kappa shape index (κ3) is 3.20. The summed E-state index contributed by atoms with van der Waals surface area (Å²) in [7, 11) is 0. The Morgan fingerprint density at radius 1 is 1.48 bits per heavy atom. The van der Waals surface area contributed by atoms with Crippen LogP contribution in [0.2, 0.25) is 0 Å². The van der Waals surface area contributed by atoms with Crippen LogP contribution in [0.4, 0.5) is 10.3 Å². The highest BCUT2D eigenvalue weighted by atomic mass is 19.1. The number of aliphatic imine (C=N–C) groups is 1. The second kappa shape index (κ2) is 6.57. The summed E-state index contributed by atoms with van der Waals surface area (Å²) in [4.78, 5) is 8.30. The molecule has 1 heterocycles. The zero-order chi connectivity index (χ0) is 15.2. The Balaban J connectivity index is 2.35. The van der Waals surface area contributed by atoms with Crippen LogP contribution in [0.1, 0.15) is 30.7 Å². The van der Waals surface area contributed by atoms with Crippen LogP contribution in [-0.4, -0.2) is 22.1 Å². The second-order valence-corrected chi connectivity index (χ2v) is 4.20. The number of nitrogens with zero attached hydrogens (tertiary/aromatic N) is 5. The molecule has 0 atom stereocenters. The van der Waals surface area contributed by atoms with Crippen molar-refractivity contribution >= 4 is 18.4 Å². The van der Waals surface area contributed by atoms with E-state index in [9.17, 15) is 4.39 Å². The van der Waals surface area contributed by atoms with Crippen LogP contribution < -0.4 is 0 Å². The lowest BCUT2D eigenvalue weighted by atomic mass is 10.1. The van der Waals surface area contributed by atoms with Gasteiger partial charge in [0.2, 0.25) is 5.95 Å². The number of nitriles is 1. The van der Waals surface area contributed by atoms with Crippen LogP contribution in [0.25, 0.3) is 0 Å². The highest BCUT2D eigenvalue weighted by Crippen LogP contribution is 2.14. The van der Waals surface area contributed by atoms with Crippen molar-refractivity contribution in [3.8, 4) is 6.07 Å². The predicted molar refractivity (Wildman–Crippen MR) is 79.5 cm³/mol. The van der Waals surface area contributed by atoms with Gasteiger partial charge in [0.15, 0.2) is 0 Å². The van der Waals surface area contributed by atoms with E-state index in [1.54, 1.807) is 36.1 Å². The maximum absolute atomic E-state index is 13.5. The molecule has 2 aromatic rings. The number of imidazole rings is 1. The van der Waals surface area contributed by atoms with E-state index in [4.69, 9.17) is 5.26 Å². The molecule has 6 heteroatoms. The normalized spacial score (nSPS) is 11.3. The Morgan fingerprint density at radius 2 is 2.29 bits per heavy atom. The second-order valence-electron chi connectivity index (χ2n) is 4.20. The van der Waals surface area contributed by atoms with Crippen LogP contribution in [0, 0.1) is 17.1 Å². The lowest BCUT2D eigenvalue weighted by molar-refractivity contribution is 0.623. The van der Waals surface area contributed by atoms with Crippen LogP contribution in [-0.2, 0) is 6.42 Å². The third-order valence-corrected chi connectivity index (χ3v) is 2.83. The molecule has 0 saturated heterocycles. The predicted octanol–water partition coefficient (Wildman–Crippen LogP) is 3.06. The zero-order valence-electron chi connectivity index (χ0n) is 11.8. The van der Waals surface area contributed by atoms with Crippen LogP contribution in [0.15, 0.2) is 34.5 Å². The first-order valence-electron chi connectivity index (χ1n) is 6.49. The molecule has 0 bridgehead atoms. The van der Waals surface area contributed by atoms with Crippen molar-refractivity contribution in [3.05, 3.63) is 47.0 Å². The van der Waals surface area contributed by atoms with Gasteiger partial charge in [-0.25, -0.2) is 19.0 Å². The monoisotopic (exact) mass is 283 g/mol. The number of aryl methyl sites for hydroxylation is 1. The fourth-order valence-corrected chi connectivity index (χ4v) is 1.77. The summed E-state index contributed by atoms with van der Waals surface area (Å²) in [6, 6.07) is 6.12. The van der Waals surface area contributed by atoms with Crippen molar-refractivity contribution in [1.29, 1.82) is 5.26 Å². The van der Waals surface area contributed by atoms with Gasteiger partial charge < -0.3 is 0 Å². The summed E-state index contributed by atoms with van der Waals surface area (Å²) in [6.45, 7) is 3.79. The average Bonchev–Trinajstić information content (AvgIpc) is 2.87. The summed E-state index contributed by atoms with van der Waals surface area (Å²) >= 11 is 0. The standard InChI is InChI=1S/C15H14FN5/c1-3-13-10-19-15(18-4-2)21(13)20-9-11-5-6-12(8-17)14(16)7-11/h4-7,9-10H,3H2,1-2H3/b18-4-,20-9+. The van der Waals surface area contributed by atoms with Crippen molar-refractivity contribution < 1.29 is 4.39 Å². The van der Waals surface area contributed by atoms with E-state index < -0.39 is 5.82 Å². The van der Waals surface area contributed by atoms with E-state index in [2.05, 4.69) is 15.1 Å². The molecule has 0 saturated carbocycles. The molecule has 21 heavy (non-hydrogen) atoms. The molecule has 0 fully saturated rings. The fourth-order valence-electron chi connectivity index (χ4n) is 1.77. The van der Waals surface area contributed by atoms with Gasteiger partial charge in [-0.05, 0) is 31.0 Å². The Hall–Kier alpha value is -2.81. The molecule has 0 aliphatic rings. The smallest absolute Gasteiger partial charge is 0.224 e. The minimum Gasteiger partial charge on any atom is -0.224 e. The van der Waals surface area contributed by atoms with Crippen LogP contribution in [0.3, 0.4) is 0 Å². The number of hydrogen-bond acceptors (Lipinski definition) is 4. The van der Waals surface area contributed by atoms with Gasteiger partial charge in [-0.2, -0.15) is 10.4 Å². The molecular formula is C15H14FN5. The molecule has 106 valence electrons. The van der Waals surface area contributed by atoms with Crippen molar-refractivity contribution in [3.63, 3.8) is 0 Å². The number of hydrogen-bond donors (Lipinski definition) is 0. The van der Waals surface area contributed by atoms with Crippen molar-refractivity contribution in [2.75, 3.05) is 0 Å². The number of halogens is 1. The first-order chi connectivity index (χ1) is 10.2. The Bertz CT molecular complexity index is 737. The van der Waals surface area contributed by atoms with E-state index in [1.807, 2.05) is 6.92 Å². The van der Waals surface area contributed by atoms with Gasteiger partial charge in [0.05, 0.1) is 23.7 Å². The van der Waals surface area contributed by atoms with E-state index in [-0.39, 0.29) is 5.56 Å². The van der Waals surface area contributed by atoms with Crippen LogP contribution in [0.5, 0.6) is 0 Å².